The van der Waals surface area contributed by atoms with Crippen molar-refractivity contribution < 1.29 is 18.0 Å². The number of pyridine rings is 1. The fraction of sp³-hybridized carbons (Fsp3) is 0.600. The first kappa shape index (κ1) is 17.5. The molecule has 0 atom stereocenters. The van der Waals surface area contributed by atoms with Crippen LogP contribution in [0.1, 0.15) is 29.9 Å². The molecule has 1 aromatic rings. The SMILES string of the molecule is Cc1cc(C(=O)N2CCN(CC(F)(F)F)CC2(C)C)cc(=O)[nH]1. The van der Waals surface area contributed by atoms with Gasteiger partial charge in [-0.15, -0.1) is 0 Å². The second kappa shape index (κ2) is 5.99. The van der Waals surface area contributed by atoms with Crippen LogP contribution in [0.25, 0.3) is 0 Å². The monoisotopic (exact) mass is 331 g/mol. The van der Waals surface area contributed by atoms with Crippen LogP contribution in [-0.2, 0) is 0 Å². The number of hydrogen-bond acceptors (Lipinski definition) is 3. The highest BCUT2D eigenvalue weighted by molar-refractivity contribution is 5.94. The molecule has 23 heavy (non-hydrogen) atoms. The number of aromatic amines is 1. The molecule has 2 rings (SSSR count). The van der Waals surface area contributed by atoms with E-state index in [2.05, 4.69) is 4.98 Å². The third kappa shape index (κ3) is 4.34. The Balaban J connectivity index is 2.18. The van der Waals surface area contributed by atoms with Crippen molar-refractivity contribution in [2.24, 2.45) is 0 Å². The second-order valence-corrected chi connectivity index (χ2v) is 6.51. The maximum absolute atomic E-state index is 12.6. The Morgan fingerprint density at radius 3 is 2.48 bits per heavy atom. The van der Waals surface area contributed by atoms with Gasteiger partial charge in [-0.2, -0.15) is 13.2 Å². The minimum Gasteiger partial charge on any atom is -0.331 e. The predicted molar refractivity (Wildman–Crippen MR) is 79.4 cm³/mol. The van der Waals surface area contributed by atoms with E-state index in [1.54, 1.807) is 26.8 Å². The maximum Gasteiger partial charge on any atom is 0.401 e. The third-order valence-corrected chi connectivity index (χ3v) is 3.86. The van der Waals surface area contributed by atoms with Gasteiger partial charge in [-0.1, -0.05) is 0 Å². The third-order valence-electron chi connectivity index (χ3n) is 3.86. The van der Waals surface area contributed by atoms with Gasteiger partial charge in [0.15, 0.2) is 0 Å². The van der Waals surface area contributed by atoms with Crippen molar-refractivity contribution in [2.45, 2.75) is 32.5 Å². The summed E-state index contributed by atoms with van der Waals surface area (Å²) in [5.41, 5.74) is -0.309. The van der Waals surface area contributed by atoms with Crippen molar-refractivity contribution in [1.29, 1.82) is 0 Å². The van der Waals surface area contributed by atoms with Crippen molar-refractivity contribution in [3.63, 3.8) is 0 Å². The Labute approximate surface area is 132 Å². The van der Waals surface area contributed by atoms with Gasteiger partial charge in [0.2, 0.25) is 5.56 Å². The van der Waals surface area contributed by atoms with E-state index in [1.807, 2.05) is 0 Å². The lowest BCUT2D eigenvalue weighted by Crippen LogP contribution is -2.62. The largest absolute Gasteiger partial charge is 0.401 e. The summed E-state index contributed by atoms with van der Waals surface area (Å²) in [6.45, 7) is 4.61. The molecule has 128 valence electrons. The Hall–Kier alpha value is -1.83. The van der Waals surface area contributed by atoms with Gasteiger partial charge in [-0.05, 0) is 26.8 Å². The number of H-pyrrole nitrogens is 1. The molecule has 1 amide bonds. The highest BCUT2D eigenvalue weighted by Gasteiger charge is 2.40. The van der Waals surface area contributed by atoms with Gasteiger partial charge in [0, 0.05) is 37.0 Å². The summed E-state index contributed by atoms with van der Waals surface area (Å²) in [6, 6.07) is 2.79. The van der Waals surface area contributed by atoms with Crippen LogP contribution in [0.15, 0.2) is 16.9 Å². The van der Waals surface area contributed by atoms with Crippen molar-refractivity contribution in [3.8, 4) is 0 Å². The van der Waals surface area contributed by atoms with Crippen molar-refractivity contribution in [2.75, 3.05) is 26.2 Å². The number of alkyl halides is 3. The summed E-state index contributed by atoms with van der Waals surface area (Å²) in [5, 5.41) is 0. The molecule has 0 aromatic carbocycles. The lowest BCUT2D eigenvalue weighted by atomic mass is 9.97. The van der Waals surface area contributed by atoms with E-state index in [4.69, 9.17) is 0 Å². The molecule has 1 fully saturated rings. The molecule has 1 aromatic heterocycles. The zero-order valence-electron chi connectivity index (χ0n) is 13.3. The molecule has 5 nitrogen and oxygen atoms in total. The van der Waals surface area contributed by atoms with Crippen molar-refractivity contribution in [1.82, 2.24) is 14.8 Å². The van der Waals surface area contributed by atoms with E-state index in [1.165, 1.54) is 15.9 Å². The maximum atomic E-state index is 12.6. The van der Waals surface area contributed by atoms with Gasteiger partial charge < -0.3 is 9.88 Å². The zero-order chi connectivity index (χ0) is 17.4. The number of halogens is 3. The Bertz CT molecular complexity index is 652. The first-order valence-corrected chi connectivity index (χ1v) is 7.30. The molecule has 0 radical (unpaired) electrons. The fourth-order valence-corrected chi connectivity index (χ4v) is 2.98. The van der Waals surface area contributed by atoms with E-state index >= 15 is 0 Å². The van der Waals surface area contributed by atoms with E-state index in [9.17, 15) is 22.8 Å². The molecule has 1 saturated heterocycles. The molecule has 0 unspecified atom stereocenters. The molecule has 0 bridgehead atoms. The van der Waals surface area contributed by atoms with Crippen LogP contribution in [0.4, 0.5) is 13.2 Å². The number of aromatic nitrogens is 1. The Morgan fingerprint density at radius 2 is 1.96 bits per heavy atom. The molecular formula is C15H20F3N3O2. The second-order valence-electron chi connectivity index (χ2n) is 6.51. The van der Waals surface area contributed by atoms with Crippen molar-refractivity contribution in [3.05, 3.63) is 33.7 Å². The first-order valence-electron chi connectivity index (χ1n) is 7.30. The lowest BCUT2D eigenvalue weighted by Gasteiger charge is -2.47. The van der Waals surface area contributed by atoms with E-state index in [-0.39, 0.29) is 36.7 Å². The van der Waals surface area contributed by atoms with E-state index in [0.717, 1.165) is 0 Å². The highest BCUT2D eigenvalue weighted by atomic mass is 19.4. The summed E-state index contributed by atoms with van der Waals surface area (Å²) >= 11 is 0. The van der Waals surface area contributed by atoms with Crippen LogP contribution in [0.2, 0.25) is 0 Å². The number of hydrogen-bond donors (Lipinski definition) is 1. The zero-order valence-corrected chi connectivity index (χ0v) is 13.3. The van der Waals surface area contributed by atoms with E-state index in [0.29, 0.717) is 5.69 Å². The van der Waals surface area contributed by atoms with Crippen LogP contribution in [-0.4, -0.2) is 58.6 Å². The van der Waals surface area contributed by atoms with Crippen molar-refractivity contribution >= 4 is 5.91 Å². The molecule has 1 N–H and O–H groups in total. The number of nitrogens with one attached hydrogen (secondary N) is 1. The molecule has 0 aliphatic carbocycles. The van der Waals surface area contributed by atoms with Crippen LogP contribution < -0.4 is 5.56 Å². The normalized spacial score (nSPS) is 19.0. The summed E-state index contributed by atoms with van der Waals surface area (Å²) in [6.07, 6.45) is -4.26. The van der Waals surface area contributed by atoms with Gasteiger partial charge in [-0.25, -0.2) is 0 Å². The van der Waals surface area contributed by atoms with Crippen LogP contribution in [0.5, 0.6) is 0 Å². The quantitative estimate of drug-likeness (QED) is 0.899. The molecule has 1 aliphatic heterocycles. The minimum atomic E-state index is -4.26. The number of piperazine rings is 1. The number of carbonyl (C=O) groups excluding carboxylic acids is 1. The molecule has 0 saturated carbocycles. The minimum absolute atomic E-state index is 0.125. The van der Waals surface area contributed by atoms with Gasteiger partial charge in [0.1, 0.15) is 0 Å². The van der Waals surface area contributed by atoms with Gasteiger partial charge in [0.25, 0.3) is 5.91 Å². The lowest BCUT2D eigenvalue weighted by molar-refractivity contribution is -0.153. The number of nitrogens with zero attached hydrogens (tertiary/aromatic N) is 2. The molecule has 1 aliphatic rings. The first-order chi connectivity index (χ1) is 10.5. The van der Waals surface area contributed by atoms with Crippen LogP contribution in [0.3, 0.4) is 0 Å². The van der Waals surface area contributed by atoms with Gasteiger partial charge in [-0.3, -0.25) is 14.5 Å². The standard InChI is InChI=1S/C15H20F3N3O2/c1-10-6-11(7-12(22)19-10)13(23)21-5-4-20(8-14(21,2)3)9-15(16,17)18/h6-7H,4-5,8-9H2,1-3H3,(H,19,22). The molecule has 2 heterocycles. The Kier molecular flexibility index (Phi) is 4.57. The smallest absolute Gasteiger partial charge is 0.331 e. The fourth-order valence-electron chi connectivity index (χ4n) is 2.98. The number of carbonyl (C=O) groups is 1. The molecule has 0 spiro atoms. The number of amides is 1. The molecule has 8 heteroatoms. The highest BCUT2D eigenvalue weighted by Crippen LogP contribution is 2.26. The average molecular weight is 331 g/mol. The van der Waals surface area contributed by atoms with Gasteiger partial charge in [0.05, 0.1) is 12.1 Å². The molecular weight excluding hydrogens is 311 g/mol. The number of rotatable bonds is 2. The predicted octanol–water partition coefficient (Wildman–Crippen LogP) is 1.78. The van der Waals surface area contributed by atoms with Crippen LogP contribution >= 0.6 is 0 Å². The van der Waals surface area contributed by atoms with E-state index < -0.39 is 18.3 Å². The number of aryl methyl sites for hydroxylation is 1. The summed E-state index contributed by atoms with van der Waals surface area (Å²) in [5.74, 6) is -0.337. The average Bonchev–Trinajstić information content (AvgIpc) is 2.33. The summed E-state index contributed by atoms with van der Waals surface area (Å²) < 4.78 is 37.6. The summed E-state index contributed by atoms with van der Waals surface area (Å²) in [4.78, 5) is 29.5. The summed E-state index contributed by atoms with van der Waals surface area (Å²) in [7, 11) is 0. The van der Waals surface area contributed by atoms with Gasteiger partial charge >= 0.3 is 6.18 Å². The topological polar surface area (TPSA) is 56.4 Å². The Morgan fingerprint density at radius 1 is 1.30 bits per heavy atom. The van der Waals surface area contributed by atoms with Crippen LogP contribution in [0, 0.1) is 6.92 Å².